The first kappa shape index (κ1) is 19.2. The number of aryl methyl sites for hydroxylation is 2. The van der Waals surface area contributed by atoms with Gasteiger partial charge in [0.05, 0.1) is 0 Å². The van der Waals surface area contributed by atoms with Gasteiger partial charge in [-0.1, -0.05) is 48.0 Å². The maximum Gasteiger partial charge on any atom is 0.319 e. The van der Waals surface area contributed by atoms with E-state index < -0.39 is 0 Å². The molecule has 5 heteroatoms. The van der Waals surface area contributed by atoms with Crippen LogP contribution in [-0.4, -0.2) is 11.9 Å². The molecule has 0 heterocycles. The van der Waals surface area contributed by atoms with E-state index in [1.807, 2.05) is 44.2 Å². The van der Waals surface area contributed by atoms with E-state index >= 15 is 0 Å². The van der Waals surface area contributed by atoms with Crippen molar-refractivity contribution >= 4 is 23.3 Å². The van der Waals surface area contributed by atoms with Crippen molar-refractivity contribution in [3.05, 3.63) is 95.1 Å². The molecule has 3 rings (SSSR count). The number of amides is 3. The smallest absolute Gasteiger partial charge is 0.319 e. The molecule has 0 bridgehead atoms. The van der Waals surface area contributed by atoms with E-state index in [4.69, 9.17) is 0 Å². The fourth-order valence-corrected chi connectivity index (χ4v) is 2.86. The summed E-state index contributed by atoms with van der Waals surface area (Å²) in [5.74, 6) is -0.197. The number of hydrogen-bond donors (Lipinski definition) is 3. The minimum absolute atomic E-state index is 0.197. The number of carbonyl (C=O) groups is 2. The average molecular weight is 373 g/mol. The van der Waals surface area contributed by atoms with Gasteiger partial charge >= 0.3 is 6.03 Å². The number of nitrogens with one attached hydrogen (secondary N) is 3. The monoisotopic (exact) mass is 373 g/mol. The summed E-state index contributed by atoms with van der Waals surface area (Å²) in [5.41, 5.74) is 5.20. The summed E-state index contributed by atoms with van der Waals surface area (Å²) in [4.78, 5) is 24.5. The SMILES string of the molecule is Cc1ccc(CNC(=O)Nc2cccc(NC(=O)c3ccccc3)c2)c(C)c1. The van der Waals surface area contributed by atoms with Crippen LogP contribution in [0.1, 0.15) is 27.0 Å². The molecular weight excluding hydrogens is 350 g/mol. The molecule has 0 atom stereocenters. The van der Waals surface area contributed by atoms with Crippen LogP contribution in [0.3, 0.4) is 0 Å². The number of hydrogen-bond acceptors (Lipinski definition) is 2. The Morgan fingerprint density at radius 2 is 1.50 bits per heavy atom. The van der Waals surface area contributed by atoms with Crippen LogP contribution < -0.4 is 16.0 Å². The number of carbonyl (C=O) groups excluding carboxylic acids is 2. The Bertz CT molecular complexity index is 984. The first-order valence-electron chi connectivity index (χ1n) is 9.09. The van der Waals surface area contributed by atoms with Crippen LogP contribution in [0.15, 0.2) is 72.8 Å². The lowest BCUT2D eigenvalue weighted by atomic mass is 10.1. The van der Waals surface area contributed by atoms with Gasteiger partial charge in [-0.25, -0.2) is 4.79 Å². The van der Waals surface area contributed by atoms with E-state index in [2.05, 4.69) is 22.0 Å². The van der Waals surface area contributed by atoms with Crippen LogP contribution in [0, 0.1) is 13.8 Å². The maximum atomic E-state index is 12.3. The van der Waals surface area contributed by atoms with Crippen molar-refractivity contribution in [3.8, 4) is 0 Å². The molecule has 142 valence electrons. The van der Waals surface area contributed by atoms with E-state index in [1.54, 1.807) is 36.4 Å². The summed E-state index contributed by atoms with van der Waals surface area (Å²) < 4.78 is 0. The van der Waals surface area contributed by atoms with Gasteiger partial charge in [0.15, 0.2) is 0 Å². The molecule has 0 aromatic heterocycles. The Kier molecular flexibility index (Phi) is 6.07. The number of anilines is 2. The lowest BCUT2D eigenvalue weighted by Gasteiger charge is -2.11. The zero-order valence-corrected chi connectivity index (χ0v) is 16.0. The largest absolute Gasteiger partial charge is 0.334 e. The van der Waals surface area contributed by atoms with Crippen LogP contribution in [0.5, 0.6) is 0 Å². The molecule has 28 heavy (non-hydrogen) atoms. The fourth-order valence-electron chi connectivity index (χ4n) is 2.86. The minimum Gasteiger partial charge on any atom is -0.334 e. The third-order valence-electron chi connectivity index (χ3n) is 4.35. The van der Waals surface area contributed by atoms with Gasteiger partial charge in [0.1, 0.15) is 0 Å². The van der Waals surface area contributed by atoms with E-state index in [9.17, 15) is 9.59 Å². The second-order valence-electron chi connectivity index (χ2n) is 6.64. The van der Waals surface area contributed by atoms with Crippen molar-refractivity contribution in [3.63, 3.8) is 0 Å². The average Bonchev–Trinajstić information content (AvgIpc) is 2.68. The molecular formula is C23H23N3O2. The molecule has 0 aliphatic heterocycles. The Morgan fingerprint density at radius 3 is 2.21 bits per heavy atom. The standard InChI is InChI=1S/C23H23N3O2/c1-16-11-12-19(17(2)13-16)15-24-23(28)26-21-10-6-9-20(14-21)25-22(27)18-7-4-3-5-8-18/h3-14H,15H2,1-2H3,(H,25,27)(H2,24,26,28). The van der Waals surface area contributed by atoms with Crippen molar-refractivity contribution in [2.75, 3.05) is 10.6 Å². The summed E-state index contributed by atoms with van der Waals surface area (Å²) in [5, 5.41) is 8.48. The van der Waals surface area contributed by atoms with Gasteiger partial charge in [0.2, 0.25) is 0 Å². The van der Waals surface area contributed by atoms with E-state index in [1.165, 1.54) is 5.56 Å². The highest BCUT2D eigenvalue weighted by Gasteiger charge is 2.07. The van der Waals surface area contributed by atoms with Gasteiger partial charge in [-0.2, -0.15) is 0 Å². The molecule has 0 spiro atoms. The molecule has 0 aliphatic rings. The van der Waals surface area contributed by atoms with Gasteiger partial charge in [-0.3, -0.25) is 4.79 Å². The van der Waals surface area contributed by atoms with Crippen LogP contribution in [0.2, 0.25) is 0 Å². The van der Waals surface area contributed by atoms with Crippen molar-refractivity contribution < 1.29 is 9.59 Å². The van der Waals surface area contributed by atoms with Crippen LogP contribution >= 0.6 is 0 Å². The topological polar surface area (TPSA) is 70.2 Å². The summed E-state index contributed by atoms with van der Waals surface area (Å²) in [7, 11) is 0. The molecule has 0 saturated heterocycles. The highest BCUT2D eigenvalue weighted by Crippen LogP contribution is 2.16. The Labute approximate surface area is 164 Å². The van der Waals surface area contributed by atoms with Crippen molar-refractivity contribution in [2.45, 2.75) is 20.4 Å². The predicted molar refractivity (Wildman–Crippen MR) is 113 cm³/mol. The first-order chi connectivity index (χ1) is 13.5. The summed E-state index contributed by atoms with van der Waals surface area (Å²) in [6.45, 7) is 4.52. The molecule has 0 aliphatic carbocycles. The Morgan fingerprint density at radius 1 is 0.786 bits per heavy atom. The normalized spacial score (nSPS) is 10.2. The summed E-state index contributed by atoms with van der Waals surface area (Å²) in [6, 6.07) is 21.9. The molecule has 3 amide bonds. The zero-order valence-electron chi connectivity index (χ0n) is 16.0. The lowest BCUT2D eigenvalue weighted by molar-refractivity contribution is 0.102. The van der Waals surface area contributed by atoms with Gasteiger partial charge in [0, 0.05) is 23.5 Å². The molecule has 5 nitrogen and oxygen atoms in total. The summed E-state index contributed by atoms with van der Waals surface area (Å²) >= 11 is 0. The fraction of sp³-hybridized carbons (Fsp3) is 0.130. The van der Waals surface area contributed by atoms with Crippen molar-refractivity contribution in [2.24, 2.45) is 0 Å². The number of benzene rings is 3. The molecule has 0 saturated carbocycles. The van der Waals surface area contributed by atoms with Crippen LogP contribution in [0.25, 0.3) is 0 Å². The first-order valence-corrected chi connectivity index (χ1v) is 9.09. The third-order valence-corrected chi connectivity index (χ3v) is 4.35. The Hall–Kier alpha value is -3.60. The highest BCUT2D eigenvalue weighted by molar-refractivity contribution is 6.04. The van der Waals surface area contributed by atoms with Gasteiger partial charge in [-0.05, 0) is 55.3 Å². The van der Waals surface area contributed by atoms with E-state index in [0.29, 0.717) is 23.5 Å². The second kappa shape index (κ2) is 8.86. The predicted octanol–water partition coefficient (Wildman–Crippen LogP) is 4.88. The van der Waals surface area contributed by atoms with Crippen LogP contribution in [0.4, 0.5) is 16.2 Å². The quantitative estimate of drug-likeness (QED) is 0.597. The van der Waals surface area contributed by atoms with E-state index in [-0.39, 0.29) is 11.9 Å². The zero-order chi connectivity index (χ0) is 19.9. The molecule has 3 aromatic carbocycles. The molecule has 0 radical (unpaired) electrons. The van der Waals surface area contributed by atoms with Crippen molar-refractivity contribution in [1.82, 2.24) is 5.32 Å². The lowest BCUT2D eigenvalue weighted by Crippen LogP contribution is -2.28. The molecule has 3 N–H and O–H groups in total. The van der Waals surface area contributed by atoms with Gasteiger partial charge in [-0.15, -0.1) is 0 Å². The second-order valence-corrected chi connectivity index (χ2v) is 6.64. The third kappa shape index (κ3) is 5.20. The molecule has 3 aromatic rings. The minimum atomic E-state index is -0.300. The number of urea groups is 1. The molecule has 0 unspecified atom stereocenters. The number of rotatable bonds is 5. The van der Waals surface area contributed by atoms with Crippen LogP contribution in [-0.2, 0) is 6.54 Å². The maximum absolute atomic E-state index is 12.3. The summed E-state index contributed by atoms with van der Waals surface area (Å²) in [6.07, 6.45) is 0. The highest BCUT2D eigenvalue weighted by atomic mass is 16.2. The van der Waals surface area contributed by atoms with Gasteiger partial charge < -0.3 is 16.0 Å². The molecule has 0 fully saturated rings. The Balaban J connectivity index is 1.57. The van der Waals surface area contributed by atoms with E-state index in [0.717, 1.165) is 11.1 Å². The van der Waals surface area contributed by atoms with Gasteiger partial charge in [0.25, 0.3) is 5.91 Å². The van der Waals surface area contributed by atoms with Crippen molar-refractivity contribution in [1.29, 1.82) is 0 Å².